The molecule has 114 valence electrons. The van der Waals surface area contributed by atoms with E-state index < -0.39 is 10.0 Å². The molecule has 0 atom stereocenters. The van der Waals surface area contributed by atoms with Crippen molar-refractivity contribution < 1.29 is 8.42 Å². The SMILES string of the molecule is Cc1cc(S(=O)(=O)NCC(C)(C)C(C)C)ccc1CN. The Morgan fingerprint density at radius 3 is 2.35 bits per heavy atom. The Bertz CT molecular complexity index is 563. The van der Waals surface area contributed by atoms with E-state index in [0.29, 0.717) is 23.9 Å². The van der Waals surface area contributed by atoms with Gasteiger partial charge in [0.1, 0.15) is 0 Å². The summed E-state index contributed by atoms with van der Waals surface area (Å²) in [5.41, 5.74) is 7.38. The molecule has 0 amide bonds. The standard InChI is InChI=1S/C15H26N2O2S/c1-11(2)15(4,5)10-17-20(18,19)14-7-6-13(9-16)12(3)8-14/h6-8,11,17H,9-10,16H2,1-5H3. The molecule has 1 aromatic rings. The zero-order valence-electron chi connectivity index (χ0n) is 13.0. The predicted molar refractivity (Wildman–Crippen MR) is 82.9 cm³/mol. The lowest BCUT2D eigenvalue weighted by molar-refractivity contribution is 0.252. The first-order valence-electron chi connectivity index (χ1n) is 6.89. The van der Waals surface area contributed by atoms with Crippen molar-refractivity contribution >= 4 is 10.0 Å². The maximum atomic E-state index is 12.3. The van der Waals surface area contributed by atoms with Gasteiger partial charge in [-0.1, -0.05) is 33.8 Å². The Morgan fingerprint density at radius 2 is 1.90 bits per heavy atom. The summed E-state index contributed by atoms with van der Waals surface area (Å²) in [6.07, 6.45) is 0. The maximum Gasteiger partial charge on any atom is 0.240 e. The van der Waals surface area contributed by atoms with Crippen LogP contribution in [0.3, 0.4) is 0 Å². The molecule has 0 aliphatic rings. The zero-order valence-corrected chi connectivity index (χ0v) is 13.8. The molecular formula is C15H26N2O2S. The summed E-state index contributed by atoms with van der Waals surface area (Å²) in [5.74, 6) is 0.395. The summed E-state index contributed by atoms with van der Waals surface area (Å²) in [6, 6.07) is 5.06. The second-order valence-corrected chi connectivity index (χ2v) is 8.03. The first-order valence-corrected chi connectivity index (χ1v) is 8.38. The summed E-state index contributed by atoms with van der Waals surface area (Å²) in [5, 5.41) is 0. The number of hydrogen-bond donors (Lipinski definition) is 2. The number of nitrogens with two attached hydrogens (primary N) is 1. The molecule has 20 heavy (non-hydrogen) atoms. The van der Waals surface area contributed by atoms with Crippen LogP contribution in [0.4, 0.5) is 0 Å². The average molecular weight is 298 g/mol. The van der Waals surface area contributed by atoms with Crippen LogP contribution in [0, 0.1) is 18.3 Å². The topological polar surface area (TPSA) is 72.2 Å². The van der Waals surface area contributed by atoms with Crippen LogP contribution in [0.1, 0.15) is 38.8 Å². The normalized spacial score (nSPS) is 12.9. The van der Waals surface area contributed by atoms with E-state index in [1.807, 2.05) is 6.92 Å². The molecule has 0 bridgehead atoms. The van der Waals surface area contributed by atoms with E-state index in [1.165, 1.54) is 0 Å². The molecular weight excluding hydrogens is 272 g/mol. The Balaban J connectivity index is 2.92. The third-order valence-corrected chi connectivity index (χ3v) is 5.52. The number of nitrogens with one attached hydrogen (secondary N) is 1. The van der Waals surface area contributed by atoms with Crippen LogP contribution in [0.5, 0.6) is 0 Å². The minimum atomic E-state index is -3.47. The molecule has 4 nitrogen and oxygen atoms in total. The van der Waals surface area contributed by atoms with Gasteiger partial charge in [0.15, 0.2) is 0 Å². The van der Waals surface area contributed by atoms with Crippen LogP contribution in [0.15, 0.2) is 23.1 Å². The largest absolute Gasteiger partial charge is 0.326 e. The molecule has 0 aliphatic carbocycles. The highest BCUT2D eigenvalue weighted by Crippen LogP contribution is 2.25. The third kappa shape index (κ3) is 4.04. The van der Waals surface area contributed by atoms with Crippen LogP contribution >= 0.6 is 0 Å². The average Bonchev–Trinajstić information content (AvgIpc) is 2.36. The predicted octanol–water partition coefficient (Wildman–Crippen LogP) is 2.41. The lowest BCUT2D eigenvalue weighted by atomic mass is 9.81. The Kier molecular flexibility index (Phi) is 5.35. The fourth-order valence-corrected chi connectivity index (χ4v) is 2.94. The number of benzene rings is 1. The summed E-state index contributed by atoms with van der Waals surface area (Å²) in [4.78, 5) is 0.298. The quantitative estimate of drug-likeness (QED) is 0.847. The molecule has 0 aliphatic heterocycles. The maximum absolute atomic E-state index is 12.3. The van der Waals surface area contributed by atoms with Gasteiger partial charge < -0.3 is 5.73 Å². The highest BCUT2D eigenvalue weighted by atomic mass is 32.2. The van der Waals surface area contributed by atoms with Gasteiger partial charge in [-0.15, -0.1) is 0 Å². The van der Waals surface area contributed by atoms with Crippen molar-refractivity contribution in [3.05, 3.63) is 29.3 Å². The van der Waals surface area contributed by atoms with Gasteiger partial charge in [0.25, 0.3) is 0 Å². The van der Waals surface area contributed by atoms with E-state index in [2.05, 4.69) is 32.4 Å². The van der Waals surface area contributed by atoms with E-state index in [4.69, 9.17) is 5.73 Å². The van der Waals surface area contributed by atoms with Crippen molar-refractivity contribution in [2.75, 3.05) is 6.54 Å². The first-order chi connectivity index (χ1) is 9.10. The number of aryl methyl sites for hydroxylation is 1. The Morgan fingerprint density at radius 1 is 1.30 bits per heavy atom. The monoisotopic (exact) mass is 298 g/mol. The van der Waals surface area contributed by atoms with Gasteiger partial charge >= 0.3 is 0 Å². The van der Waals surface area contributed by atoms with Crippen LogP contribution < -0.4 is 10.5 Å². The van der Waals surface area contributed by atoms with Crippen molar-refractivity contribution in [2.24, 2.45) is 17.1 Å². The molecule has 0 saturated carbocycles. The van der Waals surface area contributed by atoms with Crippen molar-refractivity contribution in [2.45, 2.75) is 46.1 Å². The molecule has 0 saturated heterocycles. The van der Waals surface area contributed by atoms with Crippen molar-refractivity contribution in [1.82, 2.24) is 4.72 Å². The van der Waals surface area contributed by atoms with Crippen LogP contribution in [-0.4, -0.2) is 15.0 Å². The molecule has 0 radical (unpaired) electrons. The van der Waals surface area contributed by atoms with E-state index in [1.54, 1.807) is 18.2 Å². The fraction of sp³-hybridized carbons (Fsp3) is 0.600. The molecule has 1 aromatic carbocycles. The molecule has 0 heterocycles. The number of hydrogen-bond acceptors (Lipinski definition) is 3. The van der Waals surface area contributed by atoms with Crippen LogP contribution in [0.25, 0.3) is 0 Å². The fourth-order valence-electron chi connectivity index (χ4n) is 1.63. The summed E-state index contributed by atoms with van der Waals surface area (Å²) in [7, 11) is -3.47. The van der Waals surface area contributed by atoms with Gasteiger partial charge in [-0.05, 0) is 41.5 Å². The van der Waals surface area contributed by atoms with E-state index in [9.17, 15) is 8.42 Å². The van der Waals surface area contributed by atoms with Gasteiger partial charge in [0.2, 0.25) is 10.0 Å². The smallest absolute Gasteiger partial charge is 0.240 e. The van der Waals surface area contributed by atoms with Gasteiger partial charge in [0.05, 0.1) is 4.90 Å². The summed E-state index contributed by atoms with van der Waals surface area (Å²) < 4.78 is 27.3. The lowest BCUT2D eigenvalue weighted by Crippen LogP contribution is -2.37. The van der Waals surface area contributed by atoms with Crippen LogP contribution in [0.2, 0.25) is 0 Å². The lowest BCUT2D eigenvalue weighted by Gasteiger charge is -2.29. The highest BCUT2D eigenvalue weighted by Gasteiger charge is 2.25. The molecule has 0 aromatic heterocycles. The van der Waals surface area contributed by atoms with Crippen molar-refractivity contribution in [3.8, 4) is 0 Å². The Hall–Kier alpha value is -0.910. The van der Waals surface area contributed by atoms with Crippen LogP contribution in [-0.2, 0) is 16.6 Å². The molecule has 0 spiro atoms. The Labute approximate surface area is 122 Å². The van der Waals surface area contributed by atoms with Crippen molar-refractivity contribution in [1.29, 1.82) is 0 Å². The van der Waals surface area contributed by atoms with Gasteiger partial charge in [0, 0.05) is 13.1 Å². The number of rotatable bonds is 6. The molecule has 1 rings (SSSR count). The zero-order chi connectivity index (χ0) is 15.6. The van der Waals surface area contributed by atoms with Gasteiger partial charge in [-0.2, -0.15) is 0 Å². The molecule has 0 unspecified atom stereocenters. The van der Waals surface area contributed by atoms with Crippen molar-refractivity contribution in [3.63, 3.8) is 0 Å². The molecule has 5 heteroatoms. The second kappa shape index (κ2) is 6.24. The minimum Gasteiger partial charge on any atom is -0.326 e. The minimum absolute atomic E-state index is 0.0840. The number of sulfonamides is 1. The summed E-state index contributed by atoms with van der Waals surface area (Å²) in [6.45, 7) is 11.0. The van der Waals surface area contributed by atoms with E-state index in [-0.39, 0.29) is 5.41 Å². The molecule has 3 N–H and O–H groups in total. The molecule has 0 fully saturated rings. The summed E-state index contributed by atoms with van der Waals surface area (Å²) >= 11 is 0. The second-order valence-electron chi connectivity index (χ2n) is 6.26. The van der Waals surface area contributed by atoms with E-state index in [0.717, 1.165) is 11.1 Å². The van der Waals surface area contributed by atoms with Gasteiger partial charge in [-0.3, -0.25) is 0 Å². The highest BCUT2D eigenvalue weighted by molar-refractivity contribution is 7.89. The van der Waals surface area contributed by atoms with E-state index >= 15 is 0 Å². The first kappa shape index (κ1) is 17.1. The van der Waals surface area contributed by atoms with Gasteiger partial charge in [-0.25, -0.2) is 13.1 Å². The third-order valence-electron chi connectivity index (χ3n) is 4.13.